The molecule has 1 aromatic carbocycles. The van der Waals surface area contributed by atoms with Gasteiger partial charge in [-0.25, -0.2) is 0 Å². The molecule has 2 amide bonds. The van der Waals surface area contributed by atoms with Gasteiger partial charge in [0.05, 0.1) is 0 Å². The second kappa shape index (κ2) is 8.56. The first-order chi connectivity index (χ1) is 12.6. The van der Waals surface area contributed by atoms with Crippen LogP contribution in [0.2, 0.25) is 0 Å². The van der Waals surface area contributed by atoms with E-state index in [1.165, 1.54) is 0 Å². The van der Waals surface area contributed by atoms with E-state index in [4.69, 9.17) is 4.74 Å². The number of carbonyl (C=O) groups is 2. The van der Waals surface area contributed by atoms with Crippen LogP contribution in [0.3, 0.4) is 0 Å². The van der Waals surface area contributed by atoms with Gasteiger partial charge in [-0.1, -0.05) is 31.0 Å². The molecule has 2 atom stereocenters. The van der Waals surface area contributed by atoms with E-state index >= 15 is 0 Å². The molecule has 3 rings (SSSR count). The molecule has 1 aliphatic carbocycles. The van der Waals surface area contributed by atoms with Crippen molar-refractivity contribution in [3.8, 4) is 5.75 Å². The van der Waals surface area contributed by atoms with E-state index in [0.717, 1.165) is 49.8 Å². The lowest BCUT2D eigenvalue weighted by molar-refractivity contribution is -0.145. The van der Waals surface area contributed by atoms with E-state index in [9.17, 15) is 9.59 Å². The van der Waals surface area contributed by atoms with Crippen molar-refractivity contribution in [2.75, 3.05) is 20.1 Å². The number of amides is 2. The minimum absolute atomic E-state index is 0.0147. The molecular weight excluding hydrogens is 328 g/mol. The van der Waals surface area contributed by atoms with E-state index in [-0.39, 0.29) is 29.8 Å². The summed E-state index contributed by atoms with van der Waals surface area (Å²) in [7, 11) is 1.66. The maximum Gasteiger partial charge on any atom is 0.226 e. The van der Waals surface area contributed by atoms with Gasteiger partial charge in [-0.05, 0) is 31.4 Å². The number of piperidine rings is 1. The van der Waals surface area contributed by atoms with Crippen molar-refractivity contribution >= 4 is 11.8 Å². The number of ether oxygens (including phenoxy) is 1. The summed E-state index contributed by atoms with van der Waals surface area (Å²) < 4.78 is 6.13. The van der Waals surface area contributed by atoms with Crippen LogP contribution in [0.15, 0.2) is 24.3 Å². The van der Waals surface area contributed by atoms with Gasteiger partial charge in [0.2, 0.25) is 11.8 Å². The number of nitrogens with zero attached hydrogens (tertiary/aromatic N) is 1. The summed E-state index contributed by atoms with van der Waals surface area (Å²) in [5.74, 6) is 0.789. The molecule has 1 saturated carbocycles. The van der Waals surface area contributed by atoms with Gasteiger partial charge in [0.25, 0.3) is 0 Å². The van der Waals surface area contributed by atoms with Crippen LogP contribution in [0.5, 0.6) is 5.75 Å². The van der Waals surface area contributed by atoms with Gasteiger partial charge in [0, 0.05) is 44.8 Å². The van der Waals surface area contributed by atoms with Gasteiger partial charge in [0.1, 0.15) is 11.9 Å². The fraction of sp³-hybridized carbons (Fsp3) is 0.619. The highest BCUT2D eigenvalue weighted by molar-refractivity contribution is 5.87. The number of hydrogen-bond donors (Lipinski definition) is 1. The summed E-state index contributed by atoms with van der Waals surface area (Å²) in [6.45, 7) is 3.48. The summed E-state index contributed by atoms with van der Waals surface area (Å²) in [5, 5.41) is 2.73. The van der Waals surface area contributed by atoms with Crippen LogP contribution in [0, 0.1) is 18.8 Å². The maximum absolute atomic E-state index is 13.0. The summed E-state index contributed by atoms with van der Waals surface area (Å²) >= 11 is 0. The van der Waals surface area contributed by atoms with Crippen molar-refractivity contribution in [1.82, 2.24) is 10.2 Å². The Morgan fingerprint density at radius 2 is 1.69 bits per heavy atom. The average molecular weight is 358 g/mol. The molecule has 2 fully saturated rings. The van der Waals surface area contributed by atoms with Crippen LogP contribution in [-0.4, -0.2) is 43.0 Å². The van der Waals surface area contributed by atoms with E-state index in [1.807, 2.05) is 23.1 Å². The summed E-state index contributed by atoms with van der Waals surface area (Å²) in [6.07, 6.45) is 5.57. The van der Waals surface area contributed by atoms with Crippen LogP contribution in [0.4, 0.5) is 0 Å². The van der Waals surface area contributed by atoms with E-state index in [1.54, 1.807) is 7.05 Å². The molecule has 1 aromatic rings. The van der Waals surface area contributed by atoms with Gasteiger partial charge < -0.3 is 15.0 Å². The van der Waals surface area contributed by atoms with Crippen molar-refractivity contribution in [2.24, 2.45) is 11.8 Å². The lowest BCUT2D eigenvalue weighted by Gasteiger charge is -2.37. The van der Waals surface area contributed by atoms with Crippen LogP contribution in [0.25, 0.3) is 0 Å². The van der Waals surface area contributed by atoms with Crippen molar-refractivity contribution in [3.63, 3.8) is 0 Å². The predicted octanol–water partition coefficient (Wildman–Crippen LogP) is 2.92. The topological polar surface area (TPSA) is 58.6 Å². The van der Waals surface area contributed by atoms with Crippen LogP contribution in [0.1, 0.15) is 44.1 Å². The number of para-hydroxylation sites is 1. The third kappa shape index (κ3) is 4.19. The van der Waals surface area contributed by atoms with Gasteiger partial charge in [0.15, 0.2) is 0 Å². The minimum Gasteiger partial charge on any atom is -0.490 e. The number of carbonyl (C=O) groups excluding carboxylic acids is 2. The molecule has 0 bridgehead atoms. The highest BCUT2D eigenvalue weighted by Crippen LogP contribution is 2.32. The van der Waals surface area contributed by atoms with Gasteiger partial charge in [-0.3, -0.25) is 9.59 Å². The third-order valence-corrected chi connectivity index (χ3v) is 5.81. The predicted molar refractivity (Wildman–Crippen MR) is 101 cm³/mol. The molecule has 1 heterocycles. The number of rotatable bonds is 4. The minimum atomic E-state index is -0.165. The molecule has 0 radical (unpaired) electrons. The Morgan fingerprint density at radius 1 is 1.04 bits per heavy atom. The molecule has 1 aliphatic heterocycles. The first kappa shape index (κ1) is 18.7. The first-order valence-electron chi connectivity index (χ1n) is 9.83. The average Bonchev–Trinajstić information content (AvgIpc) is 2.69. The standard InChI is InChI=1S/C21H30N2O3/c1-15-7-3-6-10-19(15)26-16-11-13-23(14-12-16)21(25)18-9-5-4-8-17(18)20(24)22-2/h3,6-7,10,16-18H,4-5,8-9,11-14H2,1-2H3,(H,22,24)/t17-,18+/m1/s1. The number of nitrogens with one attached hydrogen (secondary N) is 1. The Morgan fingerprint density at radius 3 is 2.35 bits per heavy atom. The zero-order valence-corrected chi connectivity index (χ0v) is 15.9. The zero-order valence-electron chi connectivity index (χ0n) is 15.9. The highest BCUT2D eigenvalue weighted by atomic mass is 16.5. The van der Waals surface area contributed by atoms with Gasteiger partial charge in [-0.15, -0.1) is 0 Å². The third-order valence-electron chi connectivity index (χ3n) is 5.81. The summed E-state index contributed by atoms with van der Waals surface area (Å²) in [6, 6.07) is 8.05. The zero-order chi connectivity index (χ0) is 18.5. The van der Waals surface area contributed by atoms with E-state index in [0.29, 0.717) is 13.1 Å². The van der Waals surface area contributed by atoms with Crippen LogP contribution < -0.4 is 10.1 Å². The molecule has 0 aromatic heterocycles. The maximum atomic E-state index is 13.0. The largest absolute Gasteiger partial charge is 0.490 e. The SMILES string of the molecule is CNC(=O)[C@@H]1CCCC[C@@H]1C(=O)N1CCC(Oc2ccccc2C)CC1. The van der Waals surface area contributed by atoms with E-state index < -0.39 is 0 Å². The monoisotopic (exact) mass is 358 g/mol. The molecule has 1 saturated heterocycles. The Hall–Kier alpha value is -2.04. The molecule has 0 spiro atoms. The van der Waals surface area contributed by atoms with Crippen LogP contribution >= 0.6 is 0 Å². The lowest BCUT2D eigenvalue weighted by Crippen LogP contribution is -2.48. The molecule has 5 nitrogen and oxygen atoms in total. The fourth-order valence-electron chi connectivity index (χ4n) is 4.22. The molecule has 2 aliphatic rings. The summed E-state index contributed by atoms with van der Waals surface area (Å²) in [4.78, 5) is 27.1. The second-order valence-corrected chi connectivity index (χ2v) is 7.52. The Bertz CT molecular complexity index is 638. The Balaban J connectivity index is 1.56. The quantitative estimate of drug-likeness (QED) is 0.900. The summed E-state index contributed by atoms with van der Waals surface area (Å²) in [5.41, 5.74) is 1.14. The highest BCUT2D eigenvalue weighted by Gasteiger charge is 2.38. The smallest absolute Gasteiger partial charge is 0.226 e. The Kier molecular flexibility index (Phi) is 6.17. The van der Waals surface area contributed by atoms with Crippen molar-refractivity contribution in [2.45, 2.75) is 51.6 Å². The van der Waals surface area contributed by atoms with Crippen molar-refractivity contribution in [1.29, 1.82) is 0 Å². The molecular formula is C21H30N2O3. The second-order valence-electron chi connectivity index (χ2n) is 7.52. The van der Waals surface area contributed by atoms with E-state index in [2.05, 4.69) is 18.3 Å². The van der Waals surface area contributed by atoms with Gasteiger partial charge in [-0.2, -0.15) is 0 Å². The normalized spacial score (nSPS) is 24.2. The fourth-order valence-corrected chi connectivity index (χ4v) is 4.22. The molecule has 5 heteroatoms. The lowest BCUT2D eigenvalue weighted by atomic mass is 9.77. The Labute approximate surface area is 156 Å². The first-order valence-corrected chi connectivity index (χ1v) is 9.83. The van der Waals surface area contributed by atoms with Crippen molar-refractivity contribution in [3.05, 3.63) is 29.8 Å². The number of likely N-dealkylation sites (tertiary alicyclic amines) is 1. The number of benzene rings is 1. The molecule has 1 N–H and O–H groups in total. The van der Waals surface area contributed by atoms with Gasteiger partial charge >= 0.3 is 0 Å². The number of hydrogen-bond acceptors (Lipinski definition) is 3. The van der Waals surface area contributed by atoms with Crippen LogP contribution in [-0.2, 0) is 9.59 Å². The molecule has 26 heavy (non-hydrogen) atoms. The van der Waals surface area contributed by atoms with Crippen molar-refractivity contribution < 1.29 is 14.3 Å². The number of aryl methyl sites for hydroxylation is 1. The molecule has 142 valence electrons. The molecule has 0 unspecified atom stereocenters.